The van der Waals surface area contributed by atoms with Crippen LogP contribution in [0.15, 0.2) is 54.7 Å². The number of carbonyl (C=O) groups excluding carboxylic acids is 1. The van der Waals surface area contributed by atoms with Gasteiger partial charge >= 0.3 is 0 Å². The summed E-state index contributed by atoms with van der Waals surface area (Å²) in [5.41, 5.74) is 3.79. The van der Waals surface area contributed by atoms with Crippen molar-refractivity contribution in [2.75, 3.05) is 5.32 Å². The lowest BCUT2D eigenvalue weighted by Gasteiger charge is -2.10. The topological polar surface area (TPSA) is 46.9 Å². The summed E-state index contributed by atoms with van der Waals surface area (Å²) < 4.78 is 14.5. The molecular weight excluding hydrogens is 293 g/mol. The van der Waals surface area contributed by atoms with Crippen LogP contribution < -0.4 is 5.32 Å². The summed E-state index contributed by atoms with van der Waals surface area (Å²) in [6.07, 6.45) is 1.67. The van der Waals surface area contributed by atoms with Gasteiger partial charge in [-0.05, 0) is 55.3 Å². The number of hydrogen-bond donors (Lipinski definition) is 1. The van der Waals surface area contributed by atoms with Gasteiger partial charge in [-0.2, -0.15) is 5.10 Å². The highest BCUT2D eigenvalue weighted by Gasteiger charge is 2.13. The molecule has 0 bridgehead atoms. The van der Waals surface area contributed by atoms with E-state index in [0.29, 0.717) is 11.4 Å². The van der Waals surface area contributed by atoms with Gasteiger partial charge in [-0.25, -0.2) is 9.07 Å². The first-order chi connectivity index (χ1) is 11.0. The van der Waals surface area contributed by atoms with Crippen LogP contribution >= 0.6 is 0 Å². The monoisotopic (exact) mass is 309 g/mol. The van der Waals surface area contributed by atoms with Gasteiger partial charge in [0.1, 0.15) is 5.82 Å². The van der Waals surface area contributed by atoms with Crippen LogP contribution in [0.5, 0.6) is 0 Å². The molecule has 0 atom stereocenters. The average Bonchev–Trinajstić information content (AvgIpc) is 3.02. The van der Waals surface area contributed by atoms with Crippen molar-refractivity contribution in [2.24, 2.45) is 0 Å². The number of benzene rings is 2. The Hall–Kier alpha value is -2.95. The minimum Gasteiger partial charge on any atom is -0.320 e. The Morgan fingerprint density at radius 2 is 1.70 bits per heavy atom. The highest BCUT2D eigenvalue weighted by Crippen LogP contribution is 2.20. The van der Waals surface area contributed by atoms with E-state index in [1.54, 1.807) is 29.1 Å². The number of aryl methyl sites for hydroxylation is 2. The van der Waals surface area contributed by atoms with Crippen LogP contribution in [0.25, 0.3) is 5.69 Å². The molecule has 0 spiro atoms. The number of anilines is 1. The van der Waals surface area contributed by atoms with E-state index in [4.69, 9.17) is 0 Å². The number of halogens is 1. The second-order valence-corrected chi connectivity index (χ2v) is 5.34. The first-order valence-corrected chi connectivity index (χ1v) is 7.24. The van der Waals surface area contributed by atoms with Crippen molar-refractivity contribution in [1.29, 1.82) is 0 Å². The van der Waals surface area contributed by atoms with Crippen LogP contribution in [0.4, 0.5) is 10.1 Å². The zero-order valence-electron chi connectivity index (χ0n) is 12.9. The molecule has 4 nitrogen and oxygen atoms in total. The molecule has 0 fully saturated rings. The Balaban J connectivity index is 1.83. The normalized spacial score (nSPS) is 10.6. The Kier molecular flexibility index (Phi) is 3.93. The van der Waals surface area contributed by atoms with E-state index in [1.165, 1.54) is 12.1 Å². The third kappa shape index (κ3) is 3.13. The van der Waals surface area contributed by atoms with Crippen molar-refractivity contribution < 1.29 is 9.18 Å². The van der Waals surface area contributed by atoms with E-state index in [0.717, 1.165) is 16.8 Å². The van der Waals surface area contributed by atoms with E-state index in [1.807, 2.05) is 32.0 Å². The summed E-state index contributed by atoms with van der Waals surface area (Å²) in [6, 6.07) is 13.4. The van der Waals surface area contributed by atoms with Crippen LogP contribution in [0.2, 0.25) is 0 Å². The Labute approximate surface area is 133 Å². The van der Waals surface area contributed by atoms with Crippen LogP contribution in [0, 0.1) is 19.7 Å². The maximum Gasteiger partial charge on any atom is 0.276 e. The lowest BCUT2D eigenvalue weighted by molar-refractivity contribution is 0.102. The molecule has 3 rings (SSSR count). The number of para-hydroxylation sites is 1. The molecule has 1 N–H and O–H groups in total. The second-order valence-electron chi connectivity index (χ2n) is 5.34. The fourth-order valence-electron chi connectivity index (χ4n) is 2.37. The van der Waals surface area contributed by atoms with Gasteiger partial charge < -0.3 is 5.32 Å². The lowest BCUT2D eigenvalue weighted by Crippen LogP contribution is -2.14. The zero-order chi connectivity index (χ0) is 16.4. The fourth-order valence-corrected chi connectivity index (χ4v) is 2.37. The van der Waals surface area contributed by atoms with Gasteiger partial charge in [0, 0.05) is 11.9 Å². The van der Waals surface area contributed by atoms with Crippen LogP contribution in [0.1, 0.15) is 21.6 Å². The summed E-state index contributed by atoms with van der Waals surface area (Å²) in [5, 5.41) is 7.14. The molecule has 0 aliphatic heterocycles. The SMILES string of the molecule is Cc1cccc(C)c1NC(=O)c1ccn(-c2ccc(F)cc2)n1. The van der Waals surface area contributed by atoms with Crippen LogP contribution in [-0.2, 0) is 0 Å². The summed E-state index contributed by atoms with van der Waals surface area (Å²) in [6.45, 7) is 3.89. The van der Waals surface area contributed by atoms with E-state index in [9.17, 15) is 9.18 Å². The maximum absolute atomic E-state index is 13.0. The Morgan fingerprint density at radius 3 is 2.35 bits per heavy atom. The molecule has 1 aromatic heterocycles. The molecule has 0 saturated heterocycles. The summed E-state index contributed by atoms with van der Waals surface area (Å²) >= 11 is 0. The molecule has 3 aromatic rings. The largest absolute Gasteiger partial charge is 0.320 e. The quantitative estimate of drug-likeness (QED) is 0.798. The molecule has 116 valence electrons. The molecule has 23 heavy (non-hydrogen) atoms. The van der Waals surface area contributed by atoms with Gasteiger partial charge in [-0.15, -0.1) is 0 Å². The van der Waals surface area contributed by atoms with Crippen LogP contribution in [0.3, 0.4) is 0 Å². The molecule has 0 aliphatic carbocycles. The number of rotatable bonds is 3. The highest BCUT2D eigenvalue weighted by atomic mass is 19.1. The molecule has 1 heterocycles. The summed E-state index contributed by atoms with van der Waals surface area (Å²) in [5.74, 6) is -0.586. The van der Waals surface area contributed by atoms with Crippen molar-refractivity contribution in [1.82, 2.24) is 9.78 Å². The average molecular weight is 309 g/mol. The molecule has 0 radical (unpaired) electrons. The van der Waals surface area contributed by atoms with E-state index in [-0.39, 0.29) is 11.7 Å². The molecule has 0 unspecified atom stereocenters. The van der Waals surface area contributed by atoms with Gasteiger partial charge in [0.25, 0.3) is 5.91 Å². The number of amides is 1. The van der Waals surface area contributed by atoms with Gasteiger partial charge in [0.15, 0.2) is 5.69 Å². The minimum atomic E-state index is -0.311. The molecule has 0 aliphatic rings. The van der Waals surface area contributed by atoms with E-state index in [2.05, 4.69) is 10.4 Å². The van der Waals surface area contributed by atoms with Crippen LogP contribution in [-0.4, -0.2) is 15.7 Å². The second kappa shape index (κ2) is 6.04. The van der Waals surface area contributed by atoms with E-state index >= 15 is 0 Å². The molecular formula is C18H16FN3O. The first kappa shape index (κ1) is 15.0. The summed E-state index contributed by atoms with van der Waals surface area (Å²) in [7, 11) is 0. The molecule has 2 aromatic carbocycles. The summed E-state index contributed by atoms with van der Waals surface area (Å²) in [4.78, 5) is 12.4. The zero-order valence-corrected chi connectivity index (χ0v) is 12.9. The van der Waals surface area contributed by atoms with Crippen molar-refractivity contribution in [3.05, 3.63) is 77.4 Å². The smallest absolute Gasteiger partial charge is 0.276 e. The predicted octanol–water partition coefficient (Wildman–Crippen LogP) is 3.88. The standard InChI is InChI=1S/C18H16FN3O/c1-12-4-3-5-13(2)17(12)20-18(23)16-10-11-22(21-16)15-8-6-14(19)7-9-15/h3-11H,1-2H3,(H,20,23). The van der Waals surface area contributed by atoms with Crippen molar-refractivity contribution in [2.45, 2.75) is 13.8 Å². The molecule has 1 amide bonds. The maximum atomic E-state index is 13.0. The third-order valence-electron chi connectivity index (χ3n) is 3.63. The third-order valence-corrected chi connectivity index (χ3v) is 3.63. The predicted molar refractivity (Wildman–Crippen MR) is 87.4 cm³/mol. The lowest BCUT2D eigenvalue weighted by atomic mass is 10.1. The number of carbonyl (C=O) groups is 1. The first-order valence-electron chi connectivity index (χ1n) is 7.24. The van der Waals surface area contributed by atoms with Crippen molar-refractivity contribution in [3.63, 3.8) is 0 Å². The molecule has 5 heteroatoms. The Morgan fingerprint density at radius 1 is 1.04 bits per heavy atom. The van der Waals surface area contributed by atoms with Gasteiger partial charge in [0.2, 0.25) is 0 Å². The van der Waals surface area contributed by atoms with Crippen molar-refractivity contribution >= 4 is 11.6 Å². The van der Waals surface area contributed by atoms with Gasteiger partial charge in [-0.1, -0.05) is 18.2 Å². The number of nitrogens with one attached hydrogen (secondary N) is 1. The number of hydrogen-bond acceptors (Lipinski definition) is 2. The highest BCUT2D eigenvalue weighted by molar-refractivity contribution is 6.03. The van der Waals surface area contributed by atoms with Crippen molar-refractivity contribution in [3.8, 4) is 5.69 Å². The fraction of sp³-hybridized carbons (Fsp3) is 0.111. The number of aromatic nitrogens is 2. The van der Waals surface area contributed by atoms with Gasteiger partial charge in [-0.3, -0.25) is 4.79 Å². The van der Waals surface area contributed by atoms with E-state index < -0.39 is 0 Å². The molecule has 0 saturated carbocycles. The number of nitrogens with zero attached hydrogens (tertiary/aromatic N) is 2. The minimum absolute atomic E-state index is 0.275. The Bertz CT molecular complexity index is 833. The van der Waals surface area contributed by atoms with Gasteiger partial charge in [0.05, 0.1) is 5.69 Å².